The molecule has 2 aromatic carbocycles. The summed E-state index contributed by atoms with van der Waals surface area (Å²) in [6.07, 6.45) is 1.48. The molecule has 0 atom stereocenters. The van der Waals surface area contributed by atoms with Crippen LogP contribution in [0.2, 0.25) is 0 Å². The second kappa shape index (κ2) is 10.00. The molecule has 0 spiro atoms. The van der Waals surface area contributed by atoms with E-state index in [2.05, 4.69) is 13.2 Å². The van der Waals surface area contributed by atoms with Crippen LogP contribution in [-0.2, 0) is 9.59 Å². The number of thioether (sulfide) groups is 2. The molecule has 3 nitrogen and oxygen atoms in total. The molecule has 0 bridgehead atoms. The van der Waals surface area contributed by atoms with Crippen LogP contribution in [0.5, 0.6) is 5.75 Å². The predicted octanol–water partition coefficient (Wildman–Crippen LogP) is 6.23. The Hall–Kier alpha value is -2.50. The molecule has 5 heteroatoms. The third kappa shape index (κ3) is 6.62. The number of carbonyl (C=O) groups excluding carboxylic acids is 2. The summed E-state index contributed by atoms with van der Waals surface area (Å²) in [6.45, 7) is 10.6. The molecule has 0 unspecified atom stereocenters. The maximum absolute atomic E-state index is 11.7. The van der Waals surface area contributed by atoms with Gasteiger partial charge in [-0.2, -0.15) is 0 Å². The van der Waals surface area contributed by atoms with Gasteiger partial charge in [-0.3, -0.25) is 9.59 Å². The third-order valence-corrected chi connectivity index (χ3v) is 5.24. The fraction of sp³-hybridized carbons (Fsp3) is 0.0909. The van der Waals surface area contributed by atoms with Crippen molar-refractivity contribution in [1.29, 1.82) is 0 Å². The van der Waals surface area contributed by atoms with E-state index in [9.17, 15) is 9.59 Å². The molecular formula is C22H20O3S2. The zero-order valence-electron chi connectivity index (χ0n) is 15.2. The zero-order chi connectivity index (χ0) is 19.8. The summed E-state index contributed by atoms with van der Waals surface area (Å²) in [5, 5.41) is 1.48. The highest BCUT2D eigenvalue weighted by Crippen LogP contribution is 2.27. The Kier molecular flexibility index (Phi) is 7.70. The van der Waals surface area contributed by atoms with Gasteiger partial charge in [0.1, 0.15) is 5.75 Å². The van der Waals surface area contributed by atoms with Gasteiger partial charge in [0.25, 0.3) is 0 Å². The lowest BCUT2D eigenvalue weighted by Gasteiger charge is -2.05. The van der Waals surface area contributed by atoms with Crippen molar-refractivity contribution >= 4 is 33.8 Å². The lowest BCUT2D eigenvalue weighted by Crippen LogP contribution is -1.90. The number of hydrogen-bond donors (Lipinski definition) is 0. The van der Waals surface area contributed by atoms with Gasteiger partial charge >= 0.3 is 0 Å². The second-order valence-electron chi connectivity index (χ2n) is 5.79. The summed E-state index contributed by atoms with van der Waals surface area (Å²) in [7, 11) is 0. The Balaban J connectivity index is 1.95. The first-order chi connectivity index (χ1) is 12.9. The van der Waals surface area contributed by atoms with Crippen molar-refractivity contribution in [3.63, 3.8) is 0 Å². The van der Waals surface area contributed by atoms with Crippen LogP contribution in [0.4, 0.5) is 0 Å². The molecule has 27 heavy (non-hydrogen) atoms. The van der Waals surface area contributed by atoms with Crippen LogP contribution in [0.25, 0.3) is 11.1 Å². The highest BCUT2D eigenvalue weighted by atomic mass is 32.2. The van der Waals surface area contributed by atoms with Crippen molar-refractivity contribution in [3.8, 4) is 16.9 Å². The van der Waals surface area contributed by atoms with Crippen LogP contribution < -0.4 is 4.74 Å². The Morgan fingerprint density at radius 3 is 1.89 bits per heavy atom. The quantitative estimate of drug-likeness (QED) is 0.315. The largest absolute Gasteiger partial charge is 0.464 e. The summed E-state index contributed by atoms with van der Waals surface area (Å²) < 4.78 is 5.48. The molecule has 0 heterocycles. The number of benzene rings is 2. The molecule has 0 aliphatic carbocycles. The van der Waals surface area contributed by atoms with Crippen molar-refractivity contribution in [1.82, 2.24) is 0 Å². The van der Waals surface area contributed by atoms with Gasteiger partial charge in [0.2, 0.25) is 10.2 Å². The number of carbonyl (C=O) groups is 2. The van der Waals surface area contributed by atoms with Crippen molar-refractivity contribution in [2.75, 3.05) is 0 Å². The smallest absolute Gasteiger partial charge is 0.219 e. The van der Waals surface area contributed by atoms with E-state index in [0.717, 1.165) is 27.8 Å². The van der Waals surface area contributed by atoms with Crippen LogP contribution in [0, 0.1) is 0 Å². The molecule has 0 radical (unpaired) electrons. The van der Waals surface area contributed by atoms with Crippen molar-refractivity contribution in [2.45, 2.75) is 18.7 Å². The lowest BCUT2D eigenvalue weighted by atomic mass is 10.1. The fourth-order valence-corrected chi connectivity index (χ4v) is 3.03. The summed E-state index contributed by atoms with van der Waals surface area (Å²) in [4.78, 5) is 24.0. The minimum Gasteiger partial charge on any atom is -0.464 e. The van der Waals surface area contributed by atoms with Gasteiger partial charge in [-0.15, -0.1) is 0 Å². The van der Waals surface area contributed by atoms with E-state index in [-0.39, 0.29) is 10.2 Å². The van der Waals surface area contributed by atoms with E-state index in [4.69, 9.17) is 4.74 Å². The summed E-state index contributed by atoms with van der Waals surface area (Å²) in [5.41, 5.74) is 3.13. The zero-order valence-corrected chi connectivity index (χ0v) is 16.9. The average molecular weight is 397 g/mol. The van der Waals surface area contributed by atoms with Gasteiger partial charge in [-0.1, -0.05) is 49.2 Å². The van der Waals surface area contributed by atoms with Gasteiger partial charge in [0.15, 0.2) is 0 Å². The van der Waals surface area contributed by atoms with Crippen LogP contribution in [0.1, 0.15) is 13.8 Å². The molecule has 2 rings (SSSR count). The van der Waals surface area contributed by atoms with Crippen LogP contribution in [0.3, 0.4) is 0 Å². The van der Waals surface area contributed by atoms with E-state index in [1.807, 2.05) is 48.5 Å². The molecule has 0 aliphatic heterocycles. The Morgan fingerprint density at radius 2 is 1.37 bits per heavy atom. The van der Waals surface area contributed by atoms with Crippen LogP contribution in [0.15, 0.2) is 89.4 Å². The van der Waals surface area contributed by atoms with E-state index in [1.165, 1.54) is 18.0 Å². The van der Waals surface area contributed by atoms with Crippen molar-refractivity contribution < 1.29 is 14.3 Å². The van der Waals surface area contributed by atoms with E-state index in [0.29, 0.717) is 16.9 Å². The van der Waals surface area contributed by atoms with Gasteiger partial charge in [0, 0.05) is 10.3 Å². The normalized spacial score (nSPS) is 10.6. The predicted molar refractivity (Wildman–Crippen MR) is 115 cm³/mol. The molecule has 0 N–H and O–H groups in total. The van der Waals surface area contributed by atoms with Crippen LogP contribution >= 0.6 is 23.5 Å². The Bertz CT molecular complexity index is 879. The average Bonchev–Trinajstić information content (AvgIpc) is 2.66. The maximum atomic E-state index is 11.7. The molecule has 0 aromatic heterocycles. The molecule has 0 amide bonds. The summed E-state index contributed by atoms with van der Waals surface area (Å²) in [5.74, 6) is 0.678. The molecule has 0 fully saturated rings. The SMILES string of the molecule is C=C(C)C(=O)SC=COc1ccc(-c2ccc(SC(=O)C(=C)C)cc2)cc1. The molecule has 138 valence electrons. The topological polar surface area (TPSA) is 43.4 Å². The summed E-state index contributed by atoms with van der Waals surface area (Å²) >= 11 is 2.21. The van der Waals surface area contributed by atoms with Gasteiger partial charge in [-0.05, 0) is 72.1 Å². The second-order valence-corrected chi connectivity index (χ2v) is 7.72. The van der Waals surface area contributed by atoms with E-state index in [1.54, 1.807) is 19.3 Å². The maximum Gasteiger partial charge on any atom is 0.219 e. The third-order valence-electron chi connectivity index (χ3n) is 3.38. The van der Waals surface area contributed by atoms with Gasteiger partial charge in [-0.25, -0.2) is 0 Å². The highest BCUT2D eigenvalue weighted by molar-refractivity contribution is 8.16. The molecular weight excluding hydrogens is 376 g/mol. The first-order valence-corrected chi connectivity index (χ1v) is 9.83. The molecule has 0 saturated carbocycles. The Morgan fingerprint density at radius 1 is 0.852 bits per heavy atom. The molecule has 0 saturated heterocycles. The van der Waals surface area contributed by atoms with Gasteiger partial charge in [0.05, 0.1) is 6.26 Å². The van der Waals surface area contributed by atoms with Crippen LogP contribution in [-0.4, -0.2) is 10.2 Å². The lowest BCUT2D eigenvalue weighted by molar-refractivity contribution is -0.108. The minimum atomic E-state index is -0.0863. The standard InChI is InChI=1S/C22H20O3S2/c1-15(2)21(23)26-14-13-25-19-9-5-17(6-10-19)18-7-11-20(12-8-18)27-22(24)16(3)4/h5-14H,1,3H2,2,4H3. The van der Waals surface area contributed by atoms with Gasteiger partial charge < -0.3 is 4.74 Å². The molecule has 0 aliphatic rings. The molecule has 2 aromatic rings. The van der Waals surface area contributed by atoms with Crippen molar-refractivity contribution in [3.05, 3.63) is 84.5 Å². The first kappa shape index (κ1) is 20.8. The Labute approximate surface area is 168 Å². The number of rotatable bonds is 7. The number of hydrogen-bond acceptors (Lipinski definition) is 5. The van der Waals surface area contributed by atoms with Crippen molar-refractivity contribution in [2.24, 2.45) is 0 Å². The first-order valence-electron chi connectivity index (χ1n) is 8.13. The fourth-order valence-electron chi connectivity index (χ4n) is 1.93. The summed E-state index contributed by atoms with van der Waals surface area (Å²) in [6, 6.07) is 15.4. The highest BCUT2D eigenvalue weighted by Gasteiger charge is 2.06. The van der Waals surface area contributed by atoms with E-state index >= 15 is 0 Å². The minimum absolute atomic E-state index is 0.0274. The monoisotopic (exact) mass is 396 g/mol. The van der Waals surface area contributed by atoms with E-state index < -0.39 is 0 Å². The number of ether oxygens (including phenoxy) is 1.